The smallest absolute Gasteiger partial charge is 0.277 e. The molecule has 0 saturated heterocycles. The summed E-state index contributed by atoms with van der Waals surface area (Å²) in [5.74, 6) is -1.26. The molecule has 0 spiro atoms. The summed E-state index contributed by atoms with van der Waals surface area (Å²) in [5, 5.41) is 10.7. The van der Waals surface area contributed by atoms with E-state index < -0.39 is 22.8 Å². The van der Waals surface area contributed by atoms with Crippen molar-refractivity contribution in [3.05, 3.63) is 92.2 Å². The Morgan fingerprint density at radius 2 is 2.05 bits per heavy atom. The first-order valence-electron chi connectivity index (χ1n) is 12.2. The van der Waals surface area contributed by atoms with Gasteiger partial charge in [0.15, 0.2) is 11.6 Å². The first-order chi connectivity index (χ1) is 18.4. The Kier molecular flexibility index (Phi) is 8.08. The lowest BCUT2D eigenvalue weighted by Gasteiger charge is -2.21. The number of nitrogens with zero attached hydrogens (tertiary/aromatic N) is 5. The summed E-state index contributed by atoms with van der Waals surface area (Å²) in [4.78, 5) is 30.0. The Balaban J connectivity index is 1.70. The molecule has 0 bridgehead atoms. The van der Waals surface area contributed by atoms with Crippen LogP contribution in [0.1, 0.15) is 56.5 Å². The van der Waals surface area contributed by atoms with Gasteiger partial charge in [-0.1, -0.05) is 17.2 Å². The fraction of sp³-hybridized carbons (Fsp3) is 0.321. The van der Waals surface area contributed by atoms with E-state index in [4.69, 9.17) is 16.3 Å². The molecule has 1 saturated carbocycles. The van der Waals surface area contributed by atoms with Gasteiger partial charge in [-0.3, -0.25) is 19.3 Å². The monoisotopic (exact) mass is 555 g/mol. The minimum atomic E-state index is -1.16. The summed E-state index contributed by atoms with van der Waals surface area (Å²) in [6, 6.07) is 3.89. The Hall–Kier alpha value is -3.76. The van der Waals surface area contributed by atoms with Gasteiger partial charge in [0, 0.05) is 29.7 Å². The van der Waals surface area contributed by atoms with Crippen LogP contribution < -0.4 is 10.3 Å². The van der Waals surface area contributed by atoms with E-state index in [0.29, 0.717) is 34.7 Å². The van der Waals surface area contributed by atoms with Gasteiger partial charge in [-0.05, 0) is 65.3 Å². The highest BCUT2D eigenvalue weighted by molar-refractivity contribution is 6.31. The zero-order chi connectivity index (χ0) is 28.5. The zero-order valence-electron chi connectivity index (χ0n) is 22.0. The highest BCUT2D eigenvalue weighted by Gasteiger charge is 2.43. The van der Waals surface area contributed by atoms with Crippen LogP contribution in [0.5, 0.6) is 5.75 Å². The maximum Gasteiger partial charge on any atom is 0.277 e. The first-order valence-corrected chi connectivity index (χ1v) is 12.6. The molecule has 0 aromatic carbocycles. The van der Waals surface area contributed by atoms with Crippen LogP contribution in [0, 0.1) is 24.5 Å². The second-order valence-electron chi connectivity index (χ2n) is 9.74. The number of aliphatic hydroxyl groups is 1. The predicted octanol–water partition coefficient (Wildman–Crippen LogP) is 5.46. The molecule has 1 aliphatic rings. The van der Waals surface area contributed by atoms with Crippen molar-refractivity contribution in [1.29, 1.82) is 0 Å². The lowest BCUT2D eigenvalue weighted by atomic mass is 9.99. The van der Waals surface area contributed by atoms with Crippen LogP contribution >= 0.6 is 11.6 Å². The molecule has 1 fully saturated rings. The number of ether oxygens (including phenoxy) is 1. The number of hydrogen-bond donors (Lipinski definition) is 1. The van der Waals surface area contributed by atoms with Crippen molar-refractivity contribution < 1.29 is 18.6 Å². The van der Waals surface area contributed by atoms with Crippen LogP contribution in [0.25, 0.3) is 11.4 Å². The van der Waals surface area contributed by atoms with Crippen LogP contribution in [-0.2, 0) is 12.2 Å². The zero-order valence-corrected chi connectivity index (χ0v) is 22.8. The van der Waals surface area contributed by atoms with E-state index >= 15 is 0 Å². The molecule has 3 aromatic heterocycles. The van der Waals surface area contributed by atoms with Gasteiger partial charge in [0.05, 0.1) is 17.6 Å². The fourth-order valence-electron chi connectivity index (χ4n) is 4.12. The van der Waals surface area contributed by atoms with Gasteiger partial charge < -0.3 is 9.84 Å². The molecule has 204 valence electrons. The molecule has 3 heterocycles. The Labute approximate surface area is 229 Å². The molecular weight excluding hydrogens is 528 g/mol. The number of aliphatic imine (C=N–C) groups is 1. The molecule has 1 aliphatic carbocycles. The van der Waals surface area contributed by atoms with Crippen molar-refractivity contribution in [2.45, 2.75) is 52.7 Å². The number of rotatable bonds is 9. The van der Waals surface area contributed by atoms with E-state index in [2.05, 4.69) is 26.7 Å². The van der Waals surface area contributed by atoms with Gasteiger partial charge in [0.1, 0.15) is 34.5 Å². The van der Waals surface area contributed by atoms with Gasteiger partial charge in [-0.25, -0.2) is 18.7 Å². The molecule has 4 rings (SSSR count). The quantitative estimate of drug-likeness (QED) is 0.278. The Morgan fingerprint density at radius 3 is 2.67 bits per heavy atom. The number of allylic oxidation sites excluding steroid dienone is 3. The second-order valence-corrected chi connectivity index (χ2v) is 10.1. The van der Waals surface area contributed by atoms with Crippen molar-refractivity contribution >= 4 is 29.7 Å². The van der Waals surface area contributed by atoms with Crippen molar-refractivity contribution in [3.8, 4) is 5.75 Å². The fourth-order valence-corrected chi connectivity index (χ4v) is 4.31. The highest BCUT2D eigenvalue weighted by atomic mass is 35.5. The third kappa shape index (κ3) is 5.97. The standard InChI is InChI=1S/C28H28ClF2N5O3/c1-15(2)23(12-21(32-5)20-8-9-33-27(35-20)28(4,38)17-6-7-17)36-16(3)10-24(25(29)26(36)37)39-14-22-19(31)11-18(30)13-34-22/h8-13,17,38H,5-7,14H2,1-4H3/b21-12-/t28-/m0/s1. The van der Waals surface area contributed by atoms with Crippen molar-refractivity contribution in [1.82, 2.24) is 19.5 Å². The summed E-state index contributed by atoms with van der Waals surface area (Å²) in [6.07, 6.45) is 5.89. The number of aromatic nitrogens is 4. The summed E-state index contributed by atoms with van der Waals surface area (Å²) in [6.45, 7) is 10.3. The van der Waals surface area contributed by atoms with Crippen LogP contribution in [-0.4, -0.2) is 31.3 Å². The highest BCUT2D eigenvalue weighted by Crippen LogP contribution is 2.44. The molecule has 1 N–H and O–H groups in total. The van der Waals surface area contributed by atoms with Gasteiger partial charge in [0.25, 0.3) is 5.56 Å². The topological polar surface area (TPSA) is 102 Å². The van der Waals surface area contributed by atoms with Crippen LogP contribution in [0.2, 0.25) is 5.02 Å². The summed E-state index contributed by atoms with van der Waals surface area (Å²) < 4.78 is 34.1. The number of aryl methyl sites for hydroxylation is 1. The number of pyridine rings is 2. The van der Waals surface area contributed by atoms with Crippen LogP contribution in [0.4, 0.5) is 8.78 Å². The second kappa shape index (κ2) is 11.2. The number of halogens is 3. The first kappa shape index (κ1) is 28.3. The maximum absolute atomic E-state index is 14.0. The molecule has 11 heteroatoms. The molecule has 1 atom stereocenters. The average Bonchev–Trinajstić information content (AvgIpc) is 3.74. The summed E-state index contributed by atoms with van der Waals surface area (Å²) in [5.41, 5.74) is 0.649. The molecule has 0 unspecified atom stereocenters. The SMILES string of the molecule is C=N/C(=C\C(=C(C)C)n1c(C)cc(OCc2ncc(F)cc2F)c(Cl)c1=O)c1ccnc([C@@](C)(O)C2CC2)n1. The van der Waals surface area contributed by atoms with Gasteiger partial charge >= 0.3 is 0 Å². The molecule has 39 heavy (non-hydrogen) atoms. The van der Waals surface area contributed by atoms with E-state index in [0.717, 1.165) is 24.6 Å². The van der Waals surface area contributed by atoms with Crippen molar-refractivity contribution in [3.63, 3.8) is 0 Å². The minimum Gasteiger partial charge on any atom is -0.485 e. The van der Waals surface area contributed by atoms with Crippen LogP contribution in [0.15, 0.2) is 52.0 Å². The number of hydrogen-bond acceptors (Lipinski definition) is 7. The molecular formula is C28H28ClF2N5O3. The molecule has 3 aromatic rings. The maximum atomic E-state index is 14.0. The normalized spacial score (nSPS) is 15.0. The van der Waals surface area contributed by atoms with E-state index in [1.54, 1.807) is 38.3 Å². The molecule has 0 amide bonds. The largest absolute Gasteiger partial charge is 0.485 e. The lowest BCUT2D eigenvalue weighted by Crippen LogP contribution is -2.27. The minimum absolute atomic E-state index is 0.0304. The van der Waals surface area contributed by atoms with Gasteiger partial charge in [-0.2, -0.15) is 0 Å². The summed E-state index contributed by atoms with van der Waals surface area (Å²) in [7, 11) is 0. The molecule has 8 nitrogen and oxygen atoms in total. The third-order valence-electron chi connectivity index (χ3n) is 6.49. The molecule has 0 aliphatic heterocycles. The average molecular weight is 556 g/mol. The predicted molar refractivity (Wildman–Crippen MR) is 145 cm³/mol. The Bertz CT molecular complexity index is 1560. The van der Waals surface area contributed by atoms with Crippen molar-refractivity contribution in [2.24, 2.45) is 10.9 Å². The van der Waals surface area contributed by atoms with Gasteiger partial charge in [-0.15, -0.1) is 0 Å². The summed E-state index contributed by atoms with van der Waals surface area (Å²) >= 11 is 6.38. The lowest BCUT2D eigenvalue weighted by molar-refractivity contribution is 0.0238. The van der Waals surface area contributed by atoms with E-state index in [-0.39, 0.29) is 29.0 Å². The van der Waals surface area contributed by atoms with Crippen molar-refractivity contribution in [2.75, 3.05) is 0 Å². The third-order valence-corrected chi connectivity index (χ3v) is 6.84. The van der Waals surface area contributed by atoms with Crippen LogP contribution in [0.3, 0.4) is 0 Å². The van der Waals surface area contributed by atoms with Gasteiger partial charge in [0.2, 0.25) is 0 Å². The molecule has 0 radical (unpaired) electrons. The van der Waals surface area contributed by atoms with E-state index in [9.17, 15) is 18.7 Å². The van der Waals surface area contributed by atoms with E-state index in [1.165, 1.54) is 4.57 Å². The van der Waals surface area contributed by atoms with E-state index in [1.807, 2.05) is 13.8 Å². The Morgan fingerprint density at radius 1 is 1.33 bits per heavy atom.